The SMILES string of the molecule is Cc1nn(C)c(C)c1CCC(=O)NCc1ccc(Cl)cc1. The van der Waals surface area contributed by atoms with E-state index in [0.717, 1.165) is 23.4 Å². The van der Waals surface area contributed by atoms with E-state index < -0.39 is 0 Å². The predicted octanol–water partition coefficient (Wildman–Crippen LogP) is 2.94. The van der Waals surface area contributed by atoms with Gasteiger partial charge in [0.1, 0.15) is 0 Å². The first-order chi connectivity index (χ1) is 9.97. The Morgan fingerprint density at radius 3 is 2.52 bits per heavy atom. The van der Waals surface area contributed by atoms with Crippen LogP contribution in [0.15, 0.2) is 24.3 Å². The zero-order valence-electron chi connectivity index (χ0n) is 12.6. The third-order valence-electron chi connectivity index (χ3n) is 3.66. The first kappa shape index (κ1) is 15.6. The summed E-state index contributed by atoms with van der Waals surface area (Å²) in [6.45, 7) is 4.54. The molecule has 1 heterocycles. The average molecular weight is 306 g/mol. The number of nitrogens with one attached hydrogen (secondary N) is 1. The molecule has 0 fully saturated rings. The number of aromatic nitrogens is 2. The number of hydrogen-bond acceptors (Lipinski definition) is 2. The maximum atomic E-state index is 11.9. The van der Waals surface area contributed by atoms with Crippen molar-refractivity contribution in [2.45, 2.75) is 33.2 Å². The van der Waals surface area contributed by atoms with Gasteiger partial charge in [0.05, 0.1) is 5.69 Å². The first-order valence-electron chi connectivity index (χ1n) is 6.97. The molecular formula is C16H20ClN3O. The van der Waals surface area contributed by atoms with E-state index >= 15 is 0 Å². The maximum absolute atomic E-state index is 11.9. The Balaban J connectivity index is 1.83. The number of aryl methyl sites for hydroxylation is 2. The summed E-state index contributed by atoms with van der Waals surface area (Å²) >= 11 is 5.83. The molecule has 0 aliphatic heterocycles. The highest BCUT2D eigenvalue weighted by atomic mass is 35.5. The van der Waals surface area contributed by atoms with E-state index in [1.54, 1.807) is 0 Å². The third-order valence-corrected chi connectivity index (χ3v) is 3.92. The lowest BCUT2D eigenvalue weighted by Crippen LogP contribution is -2.23. The summed E-state index contributed by atoms with van der Waals surface area (Å²) in [4.78, 5) is 11.9. The molecule has 0 aliphatic rings. The minimum Gasteiger partial charge on any atom is -0.352 e. The molecule has 5 heteroatoms. The molecule has 1 amide bonds. The largest absolute Gasteiger partial charge is 0.352 e. The van der Waals surface area contributed by atoms with Crippen LogP contribution in [-0.2, 0) is 24.8 Å². The van der Waals surface area contributed by atoms with E-state index in [1.807, 2.05) is 49.8 Å². The minimum absolute atomic E-state index is 0.0487. The third kappa shape index (κ3) is 4.08. The molecule has 4 nitrogen and oxygen atoms in total. The van der Waals surface area contributed by atoms with Gasteiger partial charge in [-0.15, -0.1) is 0 Å². The van der Waals surface area contributed by atoms with Crippen LogP contribution in [0.3, 0.4) is 0 Å². The van der Waals surface area contributed by atoms with Crippen molar-refractivity contribution in [2.75, 3.05) is 0 Å². The van der Waals surface area contributed by atoms with Gasteiger partial charge in [-0.25, -0.2) is 0 Å². The van der Waals surface area contributed by atoms with Crippen molar-refractivity contribution in [1.29, 1.82) is 0 Å². The van der Waals surface area contributed by atoms with Gasteiger partial charge in [0.2, 0.25) is 5.91 Å². The Labute approximate surface area is 130 Å². The van der Waals surface area contributed by atoms with Gasteiger partial charge in [-0.2, -0.15) is 5.10 Å². The standard InChI is InChI=1S/C16H20ClN3O/c1-11-15(12(2)20(3)19-11)8-9-16(21)18-10-13-4-6-14(17)7-5-13/h4-7H,8-10H2,1-3H3,(H,18,21). The number of carbonyl (C=O) groups excluding carboxylic acids is 1. The van der Waals surface area contributed by atoms with Crippen LogP contribution >= 0.6 is 11.6 Å². The van der Waals surface area contributed by atoms with Crippen molar-refractivity contribution < 1.29 is 4.79 Å². The molecule has 0 aliphatic carbocycles. The molecule has 112 valence electrons. The lowest BCUT2D eigenvalue weighted by Gasteiger charge is -2.06. The van der Waals surface area contributed by atoms with Crippen molar-refractivity contribution in [3.8, 4) is 0 Å². The Morgan fingerprint density at radius 1 is 1.29 bits per heavy atom. The molecule has 0 radical (unpaired) electrons. The van der Waals surface area contributed by atoms with E-state index in [-0.39, 0.29) is 5.91 Å². The second kappa shape index (κ2) is 6.76. The molecule has 2 aromatic rings. The highest BCUT2D eigenvalue weighted by Gasteiger charge is 2.11. The molecule has 0 unspecified atom stereocenters. The van der Waals surface area contributed by atoms with Crippen molar-refractivity contribution in [1.82, 2.24) is 15.1 Å². The summed E-state index contributed by atoms with van der Waals surface area (Å²) in [6.07, 6.45) is 1.19. The van der Waals surface area contributed by atoms with Gasteiger partial charge >= 0.3 is 0 Å². The zero-order chi connectivity index (χ0) is 15.4. The summed E-state index contributed by atoms with van der Waals surface area (Å²) in [5.74, 6) is 0.0487. The molecular weight excluding hydrogens is 286 g/mol. The average Bonchev–Trinajstić information content (AvgIpc) is 2.69. The maximum Gasteiger partial charge on any atom is 0.220 e. The fraction of sp³-hybridized carbons (Fsp3) is 0.375. The van der Waals surface area contributed by atoms with Crippen LogP contribution in [0.1, 0.15) is 28.9 Å². The van der Waals surface area contributed by atoms with E-state index in [1.165, 1.54) is 5.56 Å². The summed E-state index contributed by atoms with van der Waals surface area (Å²) in [5.41, 5.74) is 4.33. The fourth-order valence-corrected chi connectivity index (χ4v) is 2.44. The lowest BCUT2D eigenvalue weighted by molar-refractivity contribution is -0.121. The molecule has 0 saturated carbocycles. The Morgan fingerprint density at radius 2 is 1.95 bits per heavy atom. The molecule has 1 aromatic carbocycles. The van der Waals surface area contributed by atoms with Gasteiger partial charge in [-0.05, 0) is 43.5 Å². The molecule has 1 N–H and O–H groups in total. The first-order valence-corrected chi connectivity index (χ1v) is 7.35. The predicted molar refractivity (Wildman–Crippen MR) is 84.3 cm³/mol. The Bertz CT molecular complexity index is 632. The van der Waals surface area contributed by atoms with Crippen LogP contribution in [0.2, 0.25) is 5.02 Å². The van der Waals surface area contributed by atoms with Crippen molar-refractivity contribution in [3.05, 3.63) is 51.8 Å². The van der Waals surface area contributed by atoms with E-state index in [4.69, 9.17) is 11.6 Å². The fourth-order valence-electron chi connectivity index (χ4n) is 2.31. The van der Waals surface area contributed by atoms with E-state index in [0.29, 0.717) is 18.0 Å². The highest BCUT2D eigenvalue weighted by molar-refractivity contribution is 6.30. The highest BCUT2D eigenvalue weighted by Crippen LogP contribution is 2.14. The van der Waals surface area contributed by atoms with Gasteiger partial charge in [-0.1, -0.05) is 23.7 Å². The van der Waals surface area contributed by atoms with Crippen LogP contribution in [-0.4, -0.2) is 15.7 Å². The van der Waals surface area contributed by atoms with Crippen LogP contribution < -0.4 is 5.32 Å². The summed E-state index contributed by atoms with van der Waals surface area (Å²) < 4.78 is 1.86. The van der Waals surface area contributed by atoms with Crippen molar-refractivity contribution >= 4 is 17.5 Å². The number of halogens is 1. The molecule has 0 saturated heterocycles. The lowest BCUT2D eigenvalue weighted by atomic mass is 10.1. The van der Waals surface area contributed by atoms with Crippen LogP contribution in [0.5, 0.6) is 0 Å². The summed E-state index contributed by atoms with van der Waals surface area (Å²) in [6, 6.07) is 7.48. The van der Waals surface area contributed by atoms with E-state index in [9.17, 15) is 4.79 Å². The number of benzene rings is 1. The van der Waals surface area contributed by atoms with Crippen molar-refractivity contribution in [3.63, 3.8) is 0 Å². The van der Waals surface area contributed by atoms with Gasteiger partial charge in [0.25, 0.3) is 0 Å². The number of amides is 1. The van der Waals surface area contributed by atoms with Crippen molar-refractivity contribution in [2.24, 2.45) is 7.05 Å². The second-order valence-corrected chi connectivity index (χ2v) is 5.61. The molecule has 2 rings (SSSR count). The molecule has 1 aromatic heterocycles. The Kier molecular flexibility index (Phi) is 5.02. The smallest absolute Gasteiger partial charge is 0.220 e. The zero-order valence-corrected chi connectivity index (χ0v) is 13.4. The van der Waals surface area contributed by atoms with Crippen LogP contribution in [0.25, 0.3) is 0 Å². The molecule has 0 atom stereocenters. The van der Waals surface area contributed by atoms with Crippen LogP contribution in [0, 0.1) is 13.8 Å². The quantitative estimate of drug-likeness (QED) is 0.923. The normalized spacial score (nSPS) is 10.7. The molecule has 0 spiro atoms. The second-order valence-electron chi connectivity index (χ2n) is 5.18. The van der Waals surface area contributed by atoms with Gasteiger partial charge in [-0.3, -0.25) is 9.48 Å². The number of nitrogens with zero attached hydrogens (tertiary/aromatic N) is 2. The Hall–Kier alpha value is -1.81. The number of rotatable bonds is 5. The summed E-state index contributed by atoms with van der Waals surface area (Å²) in [7, 11) is 1.92. The van der Waals surface area contributed by atoms with Gasteiger partial charge < -0.3 is 5.32 Å². The van der Waals surface area contributed by atoms with Crippen LogP contribution in [0.4, 0.5) is 0 Å². The van der Waals surface area contributed by atoms with E-state index in [2.05, 4.69) is 10.4 Å². The monoisotopic (exact) mass is 305 g/mol. The van der Waals surface area contributed by atoms with Gasteiger partial charge in [0.15, 0.2) is 0 Å². The number of hydrogen-bond donors (Lipinski definition) is 1. The molecule has 0 bridgehead atoms. The minimum atomic E-state index is 0.0487. The topological polar surface area (TPSA) is 46.9 Å². The summed E-state index contributed by atoms with van der Waals surface area (Å²) in [5, 5.41) is 7.99. The number of carbonyl (C=O) groups is 1. The molecule has 21 heavy (non-hydrogen) atoms. The van der Waals surface area contributed by atoms with Gasteiger partial charge in [0, 0.05) is 30.7 Å².